The first-order valence-electron chi connectivity index (χ1n) is 11.9. The largest absolute Gasteiger partial charge is 0.465 e. The van der Waals surface area contributed by atoms with Gasteiger partial charge in [0, 0.05) is 30.8 Å². The van der Waals surface area contributed by atoms with E-state index in [1.54, 1.807) is 47.1 Å². The first-order chi connectivity index (χ1) is 16.9. The molecule has 1 aliphatic heterocycles. The van der Waals surface area contributed by atoms with Crippen LogP contribution in [0.4, 0.5) is 4.39 Å². The van der Waals surface area contributed by atoms with Crippen LogP contribution in [0.1, 0.15) is 50.3 Å². The maximum absolute atomic E-state index is 14.6. The van der Waals surface area contributed by atoms with Crippen LogP contribution in [-0.2, 0) is 25.7 Å². The molecule has 194 valence electrons. The predicted molar refractivity (Wildman–Crippen MR) is 139 cm³/mol. The lowest BCUT2D eigenvalue weighted by Gasteiger charge is -2.36. The first-order valence-corrected chi connectivity index (χ1v) is 12.8. The Labute approximate surface area is 220 Å². The third-order valence-corrected chi connectivity index (χ3v) is 7.51. The fourth-order valence-corrected chi connectivity index (χ4v) is 5.50. The normalized spacial score (nSPS) is 19.5. The molecule has 0 N–H and O–H groups in total. The molecular weight excluding hydrogens is 505 g/mol. The zero-order chi connectivity index (χ0) is 24.9. The highest BCUT2D eigenvalue weighted by molar-refractivity contribution is 8.14. The first kappa shape index (κ1) is 27.9. The molecule has 1 amide bonds. The van der Waals surface area contributed by atoms with Gasteiger partial charge in [-0.15, -0.1) is 12.4 Å². The number of piperidine rings is 1. The topological polar surface area (TPSA) is 81.5 Å². The lowest BCUT2D eigenvalue weighted by atomic mass is 9.91. The molecule has 2 aromatic rings. The predicted octanol–water partition coefficient (Wildman–Crippen LogP) is 4.46. The standard InChI is InChI=1S/C26H30FN3O4S.ClH/c1-3-34-24(32)15-30-16-28-13-20(30)12-19-14-29(11-10-23(19)35-17(2)31)26(33)25(18-8-9-18)21-6-4-5-7-22(21)27;/h4-7,12-13,16,18,23,25H,3,8-11,14-15H2,1-2H3;1H/b19-12-;. The molecule has 36 heavy (non-hydrogen) atoms. The van der Waals surface area contributed by atoms with Crippen LogP contribution in [0.5, 0.6) is 0 Å². The summed E-state index contributed by atoms with van der Waals surface area (Å²) in [5.41, 5.74) is 2.06. The van der Waals surface area contributed by atoms with Gasteiger partial charge in [0.25, 0.3) is 0 Å². The highest BCUT2D eigenvalue weighted by atomic mass is 35.5. The number of aromatic nitrogens is 2. The molecule has 0 spiro atoms. The van der Waals surface area contributed by atoms with E-state index in [9.17, 15) is 18.8 Å². The van der Waals surface area contributed by atoms with Crippen molar-refractivity contribution in [1.29, 1.82) is 0 Å². The molecule has 7 nitrogen and oxygen atoms in total. The average Bonchev–Trinajstić information content (AvgIpc) is 3.56. The van der Waals surface area contributed by atoms with Gasteiger partial charge in [-0.1, -0.05) is 30.0 Å². The highest BCUT2D eigenvalue weighted by Gasteiger charge is 2.42. The Morgan fingerprint density at radius 2 is 2.00 bits per heavy atom. The molecule has 0 radical (unpaired) electrons. The van der Waals surface area contributed by atoms with Crippen molar-refractivity contribution in [3.05, 3.63) is 59.4 Å². The minimum absolute atomic E-state index is 0. The van der Waals surface area contributed by atoms with Crippen LogP contribution < -0.4 is 0 Å². The SMILES string of the molecule is CCOC(=O)Cn1cncc1/C=C1/CN(C(=O)C(c2ccccc2F)C2CC2)CCC1SC(C)=O.Cl. The summed E-state index contributed by atoms with van der Waals surface area (Å²) in [6.45, 7) is 4.45. The third-order valence-electron chi connectivity index (χ3n) is 6.35. The molecule has 2 fully saturated rings. The fourth-order valence-electron chi connectivity index (χ4n) is 4.58. The number of nitrogens with zero attached hydrogens (tertiary/aromatic N) is 3. The van der Waals surface area contributed by atoms with Crippen LogP contribution in [0.2, 0.25) is 0 Å². The van der Waals surface area contributed by atoms with Crippen LogP contribution >= 0.6 is 24.2 Å². The Hall–Kier alpha value is -2.65. The maximum atomic E-state index is 14.6. The second-order valence-corrected chi connectivity index (χ2v) is 10.3. The Morgan fingerprint density at radius 3 is 2.67 bits per heavy atom. The second-order valence-electron chi connectivity index (χ2n) is 8.95. The number of likely N-dealkylation sites (tertiary alicyclic amines) is 1. The Balaban J connectivity index is 0.00000361. The Bertz CT molecular complexity index is 1130. The number of carbonyl (C=O) groups excluding carboxylic acids is 3. The number of imidazole rings is 1. The van der Waals surface area contributed by atoms with Crippen LogP contribution in [0.3, 0.4) is 0 Å². The highest BCUT2D eigenvalue weighted by Crippen LogP contribution is 2.45. The van der Waals surface area contributed by atoms with Gasteiger partial charge in [0.15, 0.2) is 5.12 Å². The maximum Gasteiger partial charge on any atom is 0.325 e. The lowest BCUT2D eigenvalue weighted by Crippen LogP contribution is -2.44. The van der Waals surface area contributed by atoms with Crippen LogP contribution in [0, 0.1) is 11.7 Å². The van der Waals surface area contributed by atoms with E-state index >= 15 is 0 Å². The van der Waals surface area contributed by atoms with Gasteiger partial charge >= 0.3 is 5.97 Å². The second kappa shape index (κ2) is 12.5. The number of hydrogen-bond donors (Lipinski definition) is 0. The number of rotatable bonds is 8. The molecule has 2 aliphatic rings. The lowest BCUT2D eigenvalue weighted by molar-refractivity contribution is -0.143. The monoisotopic (exact) mass is 535 g/mol. The number of halogens is 2. The van der Waals surface area contributed by atoms with Crippen molar-refractivity contribution >= 4 is 47.2 Å². The Morgan fingerprint density at radius 1 is 1.25 bits per heavy atom. The van der Waals surface area contributed by atoms with Crippen molar-refractivity contribution in [2.75, 3.05) is 19.7 Å². The summed E-state index contributed by atoms with van der Waals surface area (Å²) < 4.78 is 21.4. The quantitative estimate of drug-likeness (QED) is 0.464. The molecule has 1 aromatic heterocycles. The summed E-state index contributed by atoms with van der Waals surface area (Å²) in [5, 5.41) is -0.0850. The molecule has 1 aromatic carbocycles. The van der Waals surface area contributed by atoms with Crippen molar-refractivity contribution < 1.29 is 23.5 Å². The summed E-state index contributed by atoms with van der Waals surface area (Å²) >= 11 is 1.25. The summed E-state index contributed by atoms with van der Waals surface area (Å²) in [6, 6.07) is 6.52. The number of esters is 1. The number of benzene rings is 1. The van der Waals surface area contributed by atoms with E-state index in [0.29, 0.717) is 37.4 Å². The van der Waals surface area contributed by atoms with E-state index in [1.165, 1.54) is 24.8 Å². The van der Waals surface area contributed by atoms with Crippen LogP contribution in [0.25, 0.3) is 6.08 Å². The van der Waals surface area contributed by atoms with Crippen molar-refractivity contribution in [1.82, 2.24) is 14.5 Å². The summed E-state index contributed by atoms with van der Waals surface area (Å²) in [5.74, 6) is -1.13. The minimum Gasteiger partial charge on any atom is -0.465 e. The van der Waals surface area contributed by atoms with E-state index in [-0.39, 0.29) is 52.9 Å². The zero-order valence-electron chi connectivity index (χ0n) is 20.4. The fraction of sp³-hybridized carbons (Fsp3) is 0.462. The molecule has 2 heterocycles. The third kappa shape index (κ3) is 6.76. The number of hydrogen-bond acceptors (Lipinski definition) is 6. The van der Waals surface area contributed by atoms with E-state index in [2.05, 4.69) is 4.98 Å². The van der Waals surface area contributed by atoms with Gasteiger partial charge in [-0.05, 0) is 49.8 Å². The van der Waals surface area contributed by atoms with E-state index in [0.717, 1.165) is 18.4 Å². The zero-order valence-corrected chi connectivity index (χ0v) is 22.0. The van der Waals surface area contributed by atoms with Crippen LogP contribution in [-0.4, -0.2) is 56.4 Å². The van der Waals surface area contributed by atoms with Gasteiger partial charge in [0.1, 0.15) is 12.4 Å². The van der Waals surface area contributed by atoms with Crippen LogP contribution in [0.15, 0.2) is 42.4 Å². The number of ether oxygens (including phenoxy) is 1. The molecule has 1 saturated heterocycles. The smallest absolute Gasteiger partial charge is 0.325 e. The number of thioether (sulfide) groups is 1. The number of carbonyl (C=O) groups is 3. The molecule has 4 rings (SSSR count). The minimum atomic E-state index is -0.496. The summed E-state index contributed by atoms with van der Waals surface area (Å²) in [6.07, 6.45) is 7.55. The van der Waals surface area contributed by atoms with Gasteiger partial charge in [0.2, 0.25) is 5.91 Å². The van der Waals surface area contributed by atoms with Gasteiger partial charge in [-0.3, -0.25) is 14.4 Å². The summed E-state index contributed by atoms with van der Waals surface area (Å²) in [4.78, 5) is 43.5. The van der Waals surface area contributed by atoms with Gasteiger partial charge in [-0.25, -0.2) is 9.37 Å². The molecule has 1 aliphatic carbocycles. The molecular formula is C26H31ClFN3O4S. The van der Waals surface area contributed by atoms with Crippen molar-refractivity contribution in [2.24, 2.45) is 5.92 Å². The van der Waals surface area contributed by atoms with Crippen molar-refractivity contribution in [3.63, 3.8) is 0 Å². The van der Waals surface area contributed by atoms with E-state index in [4.69, 9.17) is 4.74 Å². The van der Waals surface area contributed by atoms with Gasteiger partial charge < -0.3 is 14.2 Å². The molecule has 2 atom stereocenters. The van der Waals surface area contributed by atoms with Crippen molar-refractivity contribution in [2.45, 2.75) is 50.8 Å². The molecule has 0 bridgehead atoms. The van der Waals surface area contributed by atoms with E-state index < -0.39 is 5.92 Å². The summed E-state index contributed by atoms with van der Waals surface area (Å²) in [7, 11) is 0. The van der Waals surface area contributed by atoms with E-state index in [1.807, 2.05) is 6.08 Å². The molecule has 1 saturated carbocycles. The van der Waals surface area contributed by atoms with Gasteiger partial charge in [0.05, 0.1) is 30.7 Å². The van der Waals surface area contributed by atoms with Gasteiger partial charge in [-0.2, -0.15) is 0 Å². The molecule has 10 heteroatoms. The molecule has 2 unspecified atom stereocenters. The average molecular weight is 536 g/mol. The van der Waals surface area contributed by atoms with Crippen molar-refractivity contribution in [3.8, 4) is 0 Å². The Kier molecular flexibility index (Phi) is 9.73. The number of amides is 1.